The van der Waals surface area contributed by atoms with Gasteiger partial charge in [0.1, 0.15) is 12.4 Å². The Morgan fingerprint density at radius 2 is 1.50 bits per heavy atom. The summed E-state index contributed by atoms with van der Waals surface area (Å²) < 4.78 is 5.74. The van der Waals surface area contributed by atoms with E-state index < -0.39 is 0 Å². The highest BCUT2D eigenvalue weighted by molar-refractivity contribution is 6.30. The van der Waals surface area contributed by atoms with Gasteiger partial charge in [-0.15, -0.1) is 12.4 Å². The molecule has 0 aliphatic heterocycles. The Kier molecular flexibility index (Phi) is 5.72. The van der Waals surface area contributed by atoms with Gasteiger partial charge in [-0.3, -0.25) is 0 Å². The lowest BCUT2D eigenvalue weighted by molar-refractivity contribution is 0.302. The first-order valence-electron chi connectivity index (χ1n) is 6.39. The number of H-pyrrole nitrogens is 1. The minimum atomic E-state index is 0. The lowest BCUT2D eigenvalue weighted by Gasteiger charge is -2.07. The highest BCUT2D eigenvalue weighted by Crippen LogP contribution is 2.24. The normalized spacial score (nSPS) is 10.1. The second kappa shape index (κ2) is 7.54. The van der Waals surface area contributed by atoms with Gasteiger partial charge in [0.15, 0.2) is 0 Å². The first-order chi connectivity index (χ1) is 10.2. The third-order valence-corrected chi connectivity index (χ3v) is 3.54. The van der Waals surface area contributed by atoms with Gasteiger partial charge in [0, 0.05) is 15.6 Å². The van der Waals surface area contributed by atoms with Gasteiger partial charge in [0.05, 0.1) is 17.7 Å². The molecule has 1 N–H and O–H groups in total. The number of nitrogens with zero attached hydrogens (tertiary/aromatic N) is 1. The fourth-order valence-corrected chi connectivity index (χ4v) is 2.23. The zero-order valence-electron chi connectivity index (χ0n) is 11.4. The summed E-state index contributed by atoms with van der Waals surface area (Å²) in [6.07, 6.45) is 1.66. The molecule has 0 saturated heterocycles. The van der Waals surface area contributed by atoms with Crippen LogP contribution in [0.25, 0.3) is 11.3 Å². The molecular formula is C16H13Cl3N2O. The lowest BCUT2D eigenvalue weighted by atomic mass is 10.1. The van der Waals surface area contributed by atoms with E-state index in [2.05, 4.69) is 9.97 Å². The smallest absolute Gasteiger partial charge is 0.130 e. The van der Waals surface area contributed by atoms with Crippen LogP contribution in [0.5, 0.6) is 5.75 Å². The predicted molar refractivity (Wildman–Crippen MR) is 92.1 cm³/mol. The largest absolute Gasteiger partial charge is 0.487 e. The number of aromatic nitrogens is 2. The Hall–Kier alpha value is -1.68. The summed E-state index contributed by atoms with van der Waals surface area (Å²) in [5, 5.41) is 1.39. The highest BCUT2D eigenvalue weighted by Gasteiger charge is 2.09. The van der Waals surface area contributed by atoms with Crippen molar-refractivity contribution in [2.75, 3.05) is 0 Å². The molecule has 0 atom stereocenters. The molecule has 3 rings (SSSR count). The number of hydrogen-bond acceptors (Lipinski definition) is 2. The number of benzene rings is 2. The second-order valence-corrected chi connectivity index (χ2v) is 5.35. The van der Waals surface area contributed by atoms with E-state index in [0.29, 0.717) is 16.7 Å². The van der Waals surface area contributed by atoms with Crippen LogP contribution >= 0.6 is 35.6 Å². The molecule has 0 saturated carbocycles. The summed E-state index contributed by atoms with van der Waals surface area (Å²) in [6.45, 7) is 0.402. The van der Waals surface area contributed by atoms with Crippen molar-refractivity contribution >= 4 is 35.6 Å². The maximum Gasteiger partial charge on any atom is 0.130 e. The van der Waals surface area contributed by atoms with Crippen LogP contribution in [0, 0.1) is 0 Å². The van der Waals surface area contributed by atoms with Gasteiger partial charge in [-0.25, -0.2) is 4.98 Å². The van der Waals surface area contributed by atoms with Crippen molar-refractivity contribution in [3.05, 3.63) is 70.6 Å². The van der Waals surface area contributed by atoms with Crippen molar-refractivity contribution in [2.45, 2.75) is 6.61 Å². The predicted octanol–water partition coefficient (Wildman–Crippen LogP) is 5.38. The average molecular weight is 356 g/mol. The van der Waals surface area contributed by atoms with Gasteiger partial charge in [0.25, 0.3) is 0 Å². The second-order valence-electron chi connectivity index (χ2n) is 4.48. The molecule has 3 aromatic rings. The first-order valence-corrected chi connectivity index (χ1v) is 7.14. The number of imidazole rings is 1. The molecule has 0 amide bonds. The molecule has 0 aliphatic carbocycles. The molecule has 0 spiro atoms. The van der Waals surface area contributed by atoms with E-state index in [1.807, 2.05) is 36.4 Å². The van der Waals surface area contributed by atoms with Crippen molar-refractivity contribution < 1.29 is 4.74 Å². The van der Waals surface area contributed by atoms with E-state index >= 15 is 0 Å². The van der Waals surface area contributed by atoms with Gasteiger partial charge in [-0.2, -0.15) is 0 Å². The molecule has 114 valence electrons. The minimum Gasteiger partial charge on any atom is -0.487 e. The summed E-state index contributed by atoms with van der Waals surface area (Å²) in [7, 11) is 0. The van der Waals surface area contributed by atoms with Crippen LogP contribution in [0.15, 0.2) is 54.9 Å². The van der Waals surface area contributed by atoms with E-state index in [0.717, 1.165) is 22.7 Å². The number of nitrogens with one attached hydrogen (secondary N) is 1. The van der Waals surface area contributed by atoms with Gasteiger partial charge in [-0.05, 0) is 36.4 Å². The van der Waals surface area contributed by atoms with E-state index in [1.54, 1.807) is 18.5 Å². The van der Waals surface area contributed by atoms with E-state index in [4.69, 9.17) is 27.9 Å². The van der Waals surface area contributed by atoms with Crippen LogP contribution in [0.2, 0.25) is 10.0 Å². The Balaban J connectivity index is 0.00000176. The van der Waals surface area contributed by atoms with Crippen molar-refractivity contribution in [3.63, 3.8) is 0 Å². The zero-order valence-corrected chi connectivity index (χ0v) is 13.8. The van der Waals surface area contributed by atoms with Crippen LogP contribution in [-0.2, 0) is 6.61 Å². The van der Waals surface area contributed by atoms with Crippen LogP contribution in [-0.4, -0.2) is 9.97 Å². The Labute approximate surface area is 144 Å². The molecule has 1 aromatic heterocycles. The molecule has 22 heavy (non-hydrogen) atoms. The van der Waals surface area contributed by atoms with E-state index in [9.17, 15) is 0 Å². The van der Waals surface area contributed by atoms with Crippen molar-refractivity contribution in [1.29, 1.82) is 0 Å². The topological polar surface area (TPSA) is 37.9 Å². The molecule has 0 fully saturated rings. The van der Waals surface area contributed by atoms with Crippen LogP contribution in [0.3, 0.4) is 0 Å². The molecule has 1 heterocycles. The summed E-state index contributed by atoms with van der Waals surface area (Å²) in [5.41, 5.74) is 2.77. The van der Waals surface area contributed by atoms with Crippen molar-refractivity contribution in [3.8, 4) is 17.0 Å². The van der Waals surface area contributed by atoms with E-state index in [-0.39, 0.29) is 12.4 Å². The highest BCUT2D eigenvalue weighted by atomic mass is 35.5. The summed E-state index contributed by atoms with van der Waals surface area (Å²) in [6, 6.07) is 14.8. The van der Waals surface area contributed by atoms with Crippen molar-refractivity contribution in [2.24, 2.45) is 0 Å². The summed E-state index contributed by atoms with van der Waals surface area (Å²) >= 11 is 11.8. The fourth-order valence-electron chi connectivity index (χ4n) is 1.97. The molecule has 6 heteroatoms. The molecule has 0 unspecified atom stereocenters. The lowest BCUT2D eigenvalue weighted by Crippen LogP contribution is -1.97. The van der Waals surface area contributed by atoms with Crippen LogP contribution in [0.4, 0.5) is 0 Å². The quantitative estimate of drug-likeness (QED) is 0.682. The van der Waals surface area contributed by atoms with Gasteiger partial charge in [-0.1, -0.05) is 35.3 Å². The maximum atomic E-state index is 5.90. The molecular weight excluding hydrogens is 343 g/mol. The van der Waals surface area contributed by atoms with Crippen LogP contribution in [0.1, 0.15) is 5.69 Å². The van der Waals surface area contributed by atoms with Crippen LogP contribution < -0.4 is 4.74 Å². The number of hydrogen-bond donors (Lipinski definition) is 1. The average Bonchev–Trinajstić information content (AvgIpc) is 2.96. The first kappa shape index (κ1) is 16.7. The maximum absolute atomic E-state index is 5.90. The third-order valence-electron chi connectivity index (χ3n) is 3.03. The van der Waals surface area contributed by atoms with E-state index in [1.165, 1.54) is 0 Å². The van der Waals surface area contributed by atoms with Gasteiger partial charge in [0.2, 0.25) is 0 Å². The SMILES string of the molecule is Cl.Clc1ccc(OCc2[nH]cnc2-c2ccc(Cl)cc2)cc1. The third kappa shape index (κ3) is 3.95. The van der Waals surface area contributed by atoms with Gasteiger partial charge < -0.3 is 9.72 Å². The fraction of sp³-hybridized carbons (Fsp3) is 0.0625. The molecule has 0 bridgehead atoms. The number of aromatic amines is 1. The van der Waals surface area contributed by atoms with Crippen molar-refractivity contribution in [1.82, 2.24) is 9.97 Å². The number of rotatable bonds is 4. The Morgan fingerprint density at radius 1 is 0.909 bits per heavy atom. The standard InChI is InChI=1S/C16H12Cl2N2O.ClH/c17-12-3-1-11(2-4-12)16-15(19-10-20-16)9-21-14-7-5-13(18)6-8-14;/h1-8,10H,9H2,(H,19,20);1H. The molecule has 0 radical (unpaired) electrons. The summed E-state index contributed by atoms with van der Waals surface area (Å²) in [5.74, 6) is 0.760. The molecule has 0 aliphatic rings. The van der Waals surface area contributed by atoms with Gasteiger partial charge >= 0.3 is 0 Å². The Bertz CT molecular complexity index is 724. The molecule has 2 aromatic carbocycles. The zero-order chi connectivity index (χ0) is 14.7. The molecule has 3 nitrogen and oxygen atoms in total. The number of ether oxygens (including phenoxy) is 1. The Morgan fingerprint density at radius 3 is 2.14 bits per heavy atom. The monoisotopic (exact) mass is 354 g/mol. The summed E-state index contributed by atoms with van der Waals surface area (Å²) in [4.78, 5) is 7.45. The minimum absolute atomic E-state index is 0. The number of halogens is 3.